The van der Waals surface area contributed by atoms with Gasteiger partial charge in [0.1, 0.15) is 6.04 Å². The van der Waals surface area contributed by atoms with Gasteiger partial charge >= 0.3 is 5.97 Å². The SMILES string of the molecule is O=C(O)C1CCCCN1C(=O)c1ccc2c(c1)CCCC2. The second kappa shape index (κ2) is 5.88. The molecule has 1 heterocycles. The number of amides is 1. The number of carboxylic acid groups (broad SMARTS) is 1. The Morgan fingerprint density at radius 2 is 1.81 bits per heavy atom. The molecule has 1 saturated heterocycles. The molecule has 1 aliphatic carbocycles. The molecule has 1 aliphatic heterocycles. The van der Waals surface area contributed by atoms with Crippen molar-refractivity contribution >= 4 is 11.9 Å². The summed E-state index contributed by atoms with van der Waals surface area (Å²) in [6.07, 6.45) is 6.83. The quantitative estimate of drug-likeness (QED) is 0.909. The van der Waals surface area contributed by atoms with Crippen molar-refractivity contribution < 1.29 is 14.7 Å². The Hall–Kier alpha value is -1.84. The van der Waals surface area contributed by atoms with Crippen LogP contribution in [0.2, 0.25) is 0 Å². The fourth-order valence-corrected chi connectivity index (χ4v) is 3.46. The van der Waals surface area contributed by atoms with Crippen LogP contribution in [0.15, 0.2) is 18.2 Å². The van der Waals surface area contributed by atoms with Crippen LogP contribution in [-0.4, -0.2) is 34.5 Å². The van der Waals surface area contributed by atoms with Crippen molar-refractivity contribution in [3.8, 4) is 0 Å². The fraction of sp³-hybridized carbons (Fsp3) is 0.529. The van der Waals surface area contributed by atoms with Gasteiger partial charge in [-0.05, 0) is 68.2 Å². The number of nitrogens with zero attached hydrogens (tertiary/aromatic N) is 1. The number of aryl methyl sites for hydroxylation is 2. The van der Waals surface area contributed by atoms with E-state index in [1.54, 1.807) is 0 Å². The highest BCUT2D eigenvalue weighted by molar-refractivity contribution is 5.97. The Bertz CT molecular complexity index is 567. The lowest BCUT2D eigenvalue weighted by atomic mass is 9.90. The van der Waals surface area contributed by atoms with Crippen LogP contribution < -0.4 is 0 Å². The third-order valence-corrected chi connectivity index (χ3v) is 4.64. The number of fused-ring (bicyclic) bond motifs is 1. The normalized spacial score (nSPS) is 21.7. The smallest absolute Gasteiger partial charge is 0.326 e. The molecule has 4 heteroatoms. The summed E-state index contributed by atoms with van der Waals surface area (Å²) in [5.41, 5.74) is 3.24. The minimum absolute atomic E-state index is 0.129. The molecule has 1 atom stereocenters. The lowest BCUT2D eigenvalue weighted by Gasteiger charge is -2.33. The van der Waals surface area contributed by atoms with Crippen LogP contribution in [0.25, 0.3) is 0 Å². The van der Waals surface area contributed by atoms with Crippen molar-refractivity contribution in [3.63, 3.8) is 0 Å². The topological polar surface area (TPSA) is 57.6 Å². The average Bonchev–Trinajstić information content (AvgIpc) is 2.53. The number of piperidine rings is 1. The van der Waals surface area contributed by atoms with Crippen LogP contribution in [0.4, 0.5) is 0 Å². The van der Waals surface area contributed by atoms with Gasteiger partial charge in [0.25, 0.3) is 5.91 Å². The first kappa shape index (κ1) is 14.1. The Labute approximate surface area is 124 Å². The van der Waals surface area contributed by atoms with Crippen molar-refractivity contribution in [2.75, 3.05) is 6.54 Å². The molecule has 112 valence electrons. The number of rotatable bonds is 2. The van der Waals surface area contributed by atoms with E-state index < -0.39 is 12.0 Å². The van der Waals surface area contributed by atoms with Crippen LogP contribution in [0.3, 0.4) is 0 Å². The first-order valence-electron chi connectivity index (χ1n) is 7.82. The minimum atomic E-state index is -0.888. The maximum Gasteiger partial charge on any atom is 0.326 e. The van der Waals surface area contributed by atoms with Gasteiger partial charge in [-0.1, -0.05) is 6.07 Å². The van der Waals surface area contributed by atoms with E-state index in [9.17, 15) is 14.7 Å². The number of benzene rings is 1. The standard InChI is InChI=1S/C17H21NO3/c19-16(18-10-4-3-7-15(18)17(20)21)14-9-8-12-5-1-2-6-13(12)11-14/h8-9,11,15H,1-7,10H2,(H,20,21). The molecule has 0 saturated carbocycles. The van der Waals surface area contributed by atoms with E-state index in [1.807, 2.05) is 18.2 Å². The van der Waals surface area contributed by atoms with E-state index in [-0.39, 0.29) is 5.91 Å². The third-order valence-electron chi connectivity index (χ3n) is 4.64. The lowest BCUT2D eigenvalue weighted by molar-refractivity contribution is -0.143. The summed E-state index contributed by atoms with van der Waals surface area (Å²) in [5.74, 6) is -1.02. The fourth-order valence-electron chi connectivity index (χ4n) is 3.46. The molecule has 0 aromatic heterocycles. The summed E-state index contributed by atoms with van der Waals surface area (Å²) in [6.45, 7) is 0.548. The molecule has 4 nitrogen and oxygen atoms in total. The molecule has 3 rings (SSSR count). The van der Waals surface area contributed by atoms with Crippen LogP contribution in [0.1, 0.15) is 53.6 Å². The van der Waals surface area contributed by atoms with Gasteiger partial charge < -0.3 is 10.0 Å². The molecule has 0 bridgehead atoms. The Morgan fingerprint density at radius 3 is 2.57 bits per heavy atom. The van der Waals surface area contributed by atoms with Gasteiger partial charge in [-0.2, -0.15) is 0 Å². The number of likely N-dealkylation sites (tertiary alicyclic amines) is 1. The largest absolute Gasteiger partial charge is 0.480 e. The van der Waals surface area contributed by atoms with Crippen molar-refractivity contribution in [1.29, 1.82) is 0 Å². The number of carboxylic acids is 1. The zero-order valence-electron chi connectivity index (χ0n) is 12.2. The van der Waals surface area contributed by atoms with Crippen molar-refractivity contribution in [2.45, 2.75) is 51.0 Å². The highest BCUT2D eigenvalue weighted by atomic mass is 16.4. The van der Waals surface area contributed by atoms with Crippen molar-refractivity contribution in [2.24, 2.45) is 0 Å². The summed E-state index contributed by atoms with van der Waals surface area (Å²) >= 11 is 0. The molecule has 1 amide bonds. The van der Waals surface area contributed by atoms with Gasteiger partial charge in [0.05, 0.1) is 0 Å². The average molecular weight is 287 g/mol. The van der Waals surface area contributed by atoms with Gasteiger partial charge in [-0.25, -0.2) is 4.79 Å². The predicted molar refractivity (Wildman–Crippen MR) is 79.4 cm³/mol. The van der Waals surface area contributed by atoms with Crippen molar-refractivity contribution in [3.05, 3.63) is 34.9 Å². The summed E-state index contributed by atoms with van der Waals surface area (Å²) in [5, 5.41) is 9.30. The maximum atomic E-state index is 12.7. The van der Waals surface area contributed by atoms with Crippen LogP contribution >= 0.6 is 0 Å². The number of carbonyl (C=O) groups is 2. The van der Waals surface area contributed by atoms with E-state index in [0.717, 1.165) is 25.7 Å². The molecule has 2 aliphatic rings. The van der Waals surface area contributed by atoms with Gasteiger partial charge in [0.2, 0.25) is 0 Å². The van der Waals surface area contributed by atoms with Gasteiger partial charge in [-0.15, -0.1) is 0 Å². The highest BCUT2D eigenvalue weighted by Gasteiger charge is 2.32. The molecule has 1 unspecified atom stereocenters. The van der Waals surface area contributed by atoms with E-state index in [2.05, 4.69) is 0 Å². The maximum absolute atomic E-state index is 12.7. The molecule has 1 fully saturated rings. The molecule has 1 aromatic rings. The van der Waals surface area contributed by atoms with Crippen LogP contribution in [0, 0.1) is 0 Å². The Balaban J connectivity index is 1.85. The van der Waals surface area contributed by atoms with E-state index in [4.69, 9.17) is 0 Å². The molecule has 1 aromatic carbocycles. The van der Waals surface area contributed by atoms with E-state index in [1.165, 1.54) is 28.9 Å². The predicted octanol–water partition coefficient (Wildman–Crippen LogP) is 2.64. The Kier molecular flexibility index (Phi) is 3.95. The van der Waals surface area contributed by atoms with Gasteiger partial charge in [0, 0.05) is 12.1 Å². The summed E-state index contributed by atoms with van der Waals surface area (Å²) in [6, 6.07) is 5.22. The first-order valence-corrected chi connectivity index (χ1v) is 7.82. The van der Waals surface area contributed by atoms with Crippen LogP contribution in [-0.2, 0) is 17.6 Å². The molecular formula is C17H21NO3. The second-order valence-electron chi connectivity index (χ2n) is 6.04. The summed E-state index contributed by atoms with van der Waals surface area (Å²) in [7, 11) is 0. The molecule has 21 heavy (non-hydrogen) atoms. The summed E-state index contributed by atoms with van der Waals surface area (Å²) in [4.78, 5) is 25.5. The summed E-state index contributed by atoms with van der Waals surface area (Å²) < 4.78 is 0. The molecule has 0 radical (unpaired) electrons. The van der Waals surface area contributed by atoms with E-state index in [0.29, 0.717) is 18.5 Å². The minimum Gasteiger partial charge on any atom is -0.480 e. The third kappa shape index (κ3) is 2.80. The number of hydrogen-bond donors (Lipinski definition) is 1. The Morgan fingerprint density at radius 1 is 1.05 bits per heavy atom. The zero-order chi connectivity index (χ0) is 14.8. The van der Waals surface area contributed by atoms with E-state index >= 15 is 0 Å². The number of carbonyl (C=O) groups excluding carboxylic acids is 1. The lowest BCUT2D eigenvalue weighted by Crippen LogP contribution is -2.48. The number of aliphatic carboxylic acids is 1. The number of hydrogen-bond acceptors (Lipinski definition) is 2. The van der Waals surface area contributed by atoms with Gasteiger partial charge in [0.15, 0.2) is 0 Å². The molecule has 1 N–H and O–H groups in total. The monoisotopic (exact) mass is 287 g/mol. The molecular weight excluding hydrogens is 266 g/mol. The van der Waals surface area contributed by atoms with Crippen LogP contribution in [0.5, 0.6) is 0 Å². The zero-order valence-corrected chi connectivity index (χ0v) is 12.2. The van der Waals surface area contributed by atoms with Crippen molar-refractivity contribution in [1.82, 2.24) is 4.90 Å². The second-order valence-corrected chi connectivity index (χ2v) is 6.04. The molecule has 0 spiro atoms. The highest BCUT2D eigenvalue weighted by Crippen LogP contribution is 2.25. The first-order chi connectivity index (χ1) is 10.2. The van der Waals surface area contributed by atoms with Gasteiger partial charge in [-0.3, -0.25) is 4.79 Å².